The Balaban J connectivity index is 0. The Morgan fingerprint density at radius 1 is 0.400 bits per heavy atom. The van der Waals surface area contributed by atoms with E-state index in [4.69, 9.17) is 0 Å². The van der Waals surface area contributed by atoms with E-state index in [0.29, 0.717) is 0 Å². The van der Waals surface area contributed by atoms with Crippen LogP contribution < -0.4 is 0 Å². The van der Waals surface area contributed by atoms with Gasteiger partial charge in [-0.25, -0.2) is 0 Å². The molecule has 3 nitrogen and oxygen atoms in total. The number of hydrogen-bond acceptors (Lipinski definition) is 0. The van der Waals surface area contributed by atoms with Crippen LogP contribution in [0.5, 0.6) is 0 Å². The van der Waals surface area contributed by atoms with Crippen molar-refractivity contribution in [2.75, 3.05) is 0 Å². The second-order valence-electron chi connectivity index (χ2n) is 0. The molecule has 5 heteroatoms. The van der Waals surface area contributed by atoms with E-state index in [2.05, 4.69) is 0 Å². The minimum Gasteiger partial charge on any atom is -2.00 e. The summed E-state index contributed by atoms with van der Waals surface area (Å²) in [5.41, 5.74) is 0. The molecule has 0 saturated carbocycles. The molecular formula is Cr2O3-6. The molecule has 0 aliphatic rings. The normalized spacial score (nSPS) is 0. The van der Waals surface area contributed by atoms with Crippen LogP contribution in [0.3, 0.4) is 0 Å². The van der Waals surface area contributed by atoms with Crippen LogP contribution >= 0.6 is 0 Å². The summed E-state index contributed by atoms with van der Waals surface area (Å²) in [5, 5.41) is 0. The summed E-state index contributed by atoms with van der Waals surface area (Å²) in [7, 11) is 0. The van der Waals surface area contributed by atoms with Gasteiger partial charge in [-0.3, -0.25) is 0 Å². The summed E-state index contributed by atoms with van der Waals surface area (Å²) in [4.78, 5) is 0. The number of hydrogen-bond donors (Lipinski definition) is 0. The number of rotatable bonds is 0. The first kappa shape index (κ1) is 163. The molecule has 0 aromatic rings. The van der Waals surface area contributed by atoms with Crippen LogP contribution in [0.15, 0.2) is 0 Å². The van der Waals surface area contributed by atoms with Gasteiger partial charge >= 0.3 is 0 Å². The van der Waals surface area contributed by atoms with Crippen LogP contribution in [-0.2, 0) is 51.2 Å². The second-order valence-corrected chi connectivity index (χ2v) is 0. The van der Waals surface area contributed by atoms with Gasteiger partial charge in [0.05, 0.1) is 0 Å². The zero-order valence-electron chi connectivity index (χ0n) is 2.04. The van der Waals surface area contributed by atoms with E-state index in [1.54, 1.807) is 0 Å². The van der Waals surface area contributed by atoms with E-state index in [9.17, 15) is 0 Å². The molecule has 0 unspecified atom stereocenters. The summed E-state index contributed by atoms with van der Waals surface area (Å²) in [6, 6.07) is 0. The van der Waals surface area contributed by atoms with Crippen molar-refractivity contribution in [2.45, 2.75) is 0 Å². The Labute approximate surface area is 51.6 Å². The molecule has 0 saturated heterocycles. The molecule has 0 heterocycles. The van der Waals surface area contributed by atoms with E-state index >= 15 is 0 Å². The van der Waals surface area contributed by atoms with Crippen molar-refractivity contribution in [2.24, 2.45) is 0 Å². The van der Waals surface area contributed by atoms with Gasteiger partial charge in [-0.1, -0.05) is 0 Å². The fraction of sp³-hybridized carbons (Fsp3) is 0. The maximum absolute atomic E-state index is 0. The maximum Gasteiger partial charge on any atom is 0 e. The Morgan fingerprint density at radius 2 is 0.400 bits per heavy atom. The fourth-order valence-corrected chi connectivity index (χ4v) is 0. The van der Waals surface area contributed by atoms with Crippen molar-refractivity contribution < 1.29 is 51.2 Å². The third-order valence-electron chi connectivity index (χ3n) is 0. The van der Waals surface area contributed by atoms with Crippen LogP contribution in [0.25, 0.3) is 0 Å². The molecule has 0 radical (unpaired) electrons. The van der Waals surface area contributed by atoms with Crippen molar-refractivity contribution in [1.29, 1.82) is 0 Å². The molecule has 0 aromatic heterocycles. The molecule has 0 aliphatic carbocycles. The van der Waals surface area contributed by atoms with Crippen LogP contribution in [0, 0.1) is 0 Å². The molecule has 0 amide bonds. The quantitative estimate of drug-likeness (QED) is 0.453. The van der Waals surface area contributed by atoms with Crippen LogP contribution in [-0.4, -0.2) is 0 Å². The van der Waals surface area contributed by atoms with Gasteiger partial charge in [0.25, 0.3) is 0 Å². The Morgan fingerprint density at radius 3 is 0.400 bits per heavy atom. The summed E-state index contributed by atoms with van der Waals surface area (Å²) < 4.78 is 0. The van der Waals surface area contributed by atoms with Gasteiger partial charge in [0.2, 0.25) is 0 Å². The molecular weight excluding hydrogens is 152 g/mol. The predicted octanol–water partition coefficient (Wildman–Crippen LogP) is -0.361. The molecule has 0 rings (SSSR count). The van der Waals surface area contributed by atoms with Crippen LogP contribution in [0.2, 0.25) is 0 Å². The first-order chi connectivity index (χ1) is 0. The summed E-state index contributed by atoms with van der Waals surface area (Å²) in [5.74, 6) is 0. The predicted molar refractivity (Wildman–Crippen MR) is 2.06 cm³/mol. The maximum atomic E-state index is 0. The van der Waals surface area contributed by atoms with Crippen molar-refractivity contribution in [3.05, 3.63) is 0 Å². The molecule has 0 spiro atoms. The second kappa shape index (κ2) is 86.2. The van der Waals surface area contributed by atoms with E-state index < -0.39 is 0 Å². The first-order valence-corrected chi connectivity index (χ1v) is 0. The monoisotopic (exact) mass is 152 g/mol. The summed E-state index contributed by atoms with van der Waals surface area (Å²) in [6.07, 6.45) is 0. The molecule has 36 valence electrons. The van der Waals surface area contributed by atoms with Gasteiger partial charge in [-0.15, -0.1) is 0 Å². The minimum absolute atomic E-state index is 0. The van der Waals surface area contributed by atoms with Crippen molar-refractivity contribution in [3.63, 3.8) is 0 Å². The average molecular weight is 152 g/mol. The van der Waals surface area contributed by atoms with E-state index in [0.717, 1.165) is 0 Å². The third kappa shape index (κ3) is 48.0. The molecule has 5 heavy (non-hydrogen) atoms. The Bertz CT molecular complexity index is 4.85. The molecule has 0 fully saturated rings. The largest absolute Gasteiger partial charge is 2.00 e. The van der Waals surface area contributed by atoms with E-state index in [-0.39, 0.29) is 51.2 Å². The topological polar surface area (TPSA) is 85.5 Å². The molecule has 0 bridgehead atoms. The van der Waals surface area contributed by atoms with E-state index in [1.807, 2.05) is 0 Å². The van der Waals surface area contributed by atoms with Gasteiger partial charge in [0, 0.05) is 34.7 Å². The third-order valence-corrected chi connectivity index (χ3v) is 0. The zero-order valence-corrected chi connectivity index (χ0v) is 4.59. The smallest absolute Gasteiger partial charge is 0 e. The van der Waals surface area contributed by atoms with Gasteiger partial charge in [-0.2, -0.15) is 0 Å². The fourth-order valence-electron chi connectivity index (χ4n) is 0. The molecule has 0 aliphatic heterocycles. The van der Waals surface area contributed by atoms with Crippen molar-refractivity contribution in [3.8, 4) is 0 Å². The van der Waals surface area contributed by atoms with Crippen molar-refractivity contribution >= 4 is 0 Å². The summed E-state index contributed by atoms with van der Waals surface area (Å²) >= 11 is 0. The average Bonchev–Trinajstić information content (AvgIpc) is 0. The first-order valence-electron chi connectivity index (χ1n) is 0. The molecule has 0 aromatic carbocycles. The van der Waals surface area contributed by atoms with Crippen LogP contribution in [0.4, 0.5) is 0 Å². The Hall–Kier alpha value is 0.945. The van der Waals surface area contributed by atoms with Crippen molar-refractivity contribution in [1.82, 2.24) is 0 Å². The van der Waals surface area contributed by atoms with Gasteiger partial charge in [0.15, 0.2) is 0 Å². The summed E-state index contributed by atoms with van der Waals surface area (Å²) in [6.45, 7) is 0. The SMILES string of the molecule is [Cr].[Cr].[O-2].[O-2].[O-2]. The van der Waals surface area contributed by atoms with Crippen LogP contribution in [0.1, 0.15) is 0 Å². The molecule has 0 atom stereocenters. The van der Waals surface area contributed by atoms with Gasteiger partial charge in [-0.05, 0) is 0 Å². The van der Waals surface area contributed by atoms with E-state index in [1.165, 1.54) is 0 Å². The Kier molecular flexibility index (Phi) is 2810. The standard InChI is InChI=1S/2Cr.3O/q;;3*-2. The molecule has 0 N–H and O–H groups in total. The zero-order chi connectivity index (χ0) is 0. The minimum atomic E-state index is 0. The van der Waals surface area contributed by atoms with Gasteiger partial charge < -0.3 is 16.4 Å². The van der Waals surface area contributed by atoms with Gasteiger partial charge in [0.1, 0.15) is 0 Å².